The molecule has 0 saturated carbocycles. The Morgan fingerprint density at radius 2 is 1.05 bits per heavy atom. The summed E-state index contributed by atoms with van der Waals surface area (Å²) in [5, 5.41) is 8.49. The minimum atomic E-state index is -0.655. The van der Waals surface area contributed by atoms with E-state index in [1.165, 1.54) is 75.5 Å². The normalized spacial score (nSPS) is 9.57. The van der Waals surface area contributed by atoms with Crippen LogP contribution in [0.5, 0.6) is 0 Å². The van der Waals surface area contributed by atoms with Crippen molar-refractivity contribution in [2.45, 2.75) is 96.8 Å². The van der Waals surface area contributed by atoms with Gasteiger partial charge in [-0.2, -0.15) is 0 Å². The quantitative estimate of drug-likeness (QED) is 0.173. The first-order chi connectivity index (χ1) is 10.2. The predicted molar refractivity (Wildman–Crippen MR) is 88.0 cm³/mol. The first-order valence-corrected chi connectivity index (χ1v) is 8.39. The summed E-state index contributed by atoms with van der Waals surface area (Å²) in [4.78, 5) is 11.8. The van der Waals surface area contributed by atoms with E-state index < -0.39 is 5.97 Å². The second-order valence-electron chi connectivity index (χ2n) is 5.48. The van der Waals surface area contributed by atoms with Gasteiger partial charge in [-0.3, -0.25) is 9.71 Å². The maximum absolute atomic E-state index is 10.3. The number of nitrogens with zero attached hydrogens (tertiary/aromatic N) is 3. The Bertz CT molecular complexity index is 252. The van der Waals surface area contributed by atoms with Crippen LogP contribution in [0.1, 0.15) is 96.8 Å². The molecule has 1 N–H and O–H groups in total. The SMILES string of the molecule is CCCCCCCCCCCCCCCC(=O)O.[N-]=[N+]=[N-]. The lowest BCUT2D eigenvalue weighted by atomic mass is 10.0. The number of aliphatic carboxylic acids is 1. The summed E-state index contributed by atoms with van der Waals surface area (Å²) in [5.74, 6) is -0.655. The minimum absolute atomic E-state index is 0.345. The van der Waals surface area contributed by atoms with E-state index in [0.29, 0.717) is 6.42 Å². The molecule has 0 aliphatic rings. The lowest BCUT2D eigenvalue weighted by Crippen LogP contribution is -1.93. The van der Waals surface area contributed by atoms with Crippen LogP contribution in [0.25, 0.3) is 16.0 Å². The van der Waals surface area contributed by atoms with Crippen molar-refractivity contribution in [3.05, 3.63) is 16.0 Å². The molecule has 5 heteroatoms. The summed E-state index contributed by atoms with van der Waals surface area (Å²) >= 11 is 0. The number of carboxylic acids is 1. The molecule has 0 aromatic rings. The van der Waals surface area contributed by atoms with Crippen LogP contribution in [0, 0.1) is 0 Å². The van der Waals surface area contributed by atoms with Crippen LogP contribution in [0.2, 0.25) is 0 Å². The molecular formula is C16H32N3O2-. The predicted octanol–water partition coefficient (Wildman–Crippen LogP) is 6.42. The number of hydrogen-bond acceptors (Lipinski definition) is 1. The molecule has 124 valence electrons. The Balaban J connectivity index is 0. The van der Waals surface area contributed by atoms with Crippen LogP contribution in [0.3, 0.4) is 0 Å². The van der Waals surface area contributed by atoms with Gasteiger partial charge in [-0.05, 0) is 6.42 Å². The second kappa shape index (κ2) is 21.1. The molecular weight excluding hydrogens is 266 g/mol. The van der Waals surface area contributed by atoms with Gasteiger partial charge < -0.3 is 16.2 Å². The van der Waals surface area contributed by atoms with Crippen LogP contribution in [0.4, 0.5) is 0 Å². The first kappa shape index (κ1) is 22.1. The fraction of sp³-hybridized carbons (Fsp3) is 0.938. The highest BCUT2D eigenvalue weighted by atomic mass is 16.4. The van der Waals surface area contributed by atoms with E-state index in [-0.39, 0.29) is 0 Å². The Hall–Kier alpha value is -1.22. The third-order valence-corrected chi connectivity index (χ3v) is 3.49. The van der Waals surface area contributed by atoms with Gasteiger partial charge >= 0.3 is 5.97 Å². The second-order valence-corrected chi connectivity index (χ2v) is 5.48. The molecule has 0 aliphatic carbocycles. The monoisotopic (exact) mass is 298 g/mol. The van der Waals surface area contributed by atoms with Crippen molar-refractivity contribution in [1.82, 2.24) is 0 Å². The molecule has 0 unspecified atom stereocenters. The molecule has 0 bridgehead atoms. The number of carboxylic acid groups (broad SMARTS) is 1. The van der Waals surface area contributed by atoms with Crippen molar-refractivity contribution in [3.63, 3.8) is 0 Å². The minimum Gasteiger partial charge on any atom is -0.481 e. The highest BCUT2D eigenvalue weighted by Crippen LogP contribution is 2.12. The van der Waals surface area contributed by atoms with Gasteiger partial charge in [0.2, 0.25) is 0 Å². The van der Waals surface area contributed by atoms with Gasteiger partial charge in [-0.25, -0.2) is 0 Å². The molecule has 0 heterocycles. The topological polar surface area (TPSA) is 96.0 Å². The molecule has 0 amide bonds. The zero-order chi connectivity index (χ0) is 16.2. The van der Waals surface area contributed by atoms with Gasteiger partial charge in [-0.1, -0.05) is 84.0 Å². The van der Waals surface area contributed by atoms with Gasteiger partial charge in [0.15, 0.2) is 0 Å². The zero-order valence-corrected chi connectivity index (χ0v) is 13.6. The third-order valence-electron chi connectivity index (χ3n) is 3.49. The molecule has 21 heavy (non-hydrogen) atoms. The number of hydrogen-bond donors (Lipinski definition) is 1. The fourth-order valence-corrected chi connectivity index (χ4v) is 2.29. The van der Waals surface area contributed by atoms with Gasteiger partial charge in [0.25, 0.3) is 0 Å². The van der Waals surface area contributed by atoms with Crippen LogP contribution < -0.4 is 0 Å². The molecule has 0 spiro atoms. The van der Waals surface area contributed by atoms with Crippen molar-refractivity contribution >= 4 is 5.97 Å². The Labute approximate surface area is 129 Å². The van der Waals surface area contributed by atoms with Crippen LogP contribution in [0.15, 0.2) is 0 Å². The smallest absolute Gasteiger partial charge is 0.303 e. The number of rotatable bonds is 14. The maximum Gasteiger partial charge on any atom is 0.303 e. The Morgan fingerprint density at radius 3 is 1.33 bits per heavy atom. The highest BCUT2D eigenvalue weighted by Gasteiger charge is 1.96. The Kier molecular flexibility index (Phi) is 22.2. The number of carbonyl (C=O) groups is 1. The summed E-state index contributed by atoms with van der Waals surface area (Å²) in [6, 6.07) is 0. The lowest BCUT2D eigenvalue weighted by Gasteiger charge is -2.02. The van der Waals surface area contributed by atoms with E-state index in [2.05, 4.69) is 6.92 Å². The van der Waals surface area contributed by atoms with Gasteiger partial charge in [0.05, 0.1) is 0 Å². The average molecular weight is 298 g/mol. The fourth-order valence-electron chi connectivity index (χ4n) is 2.29. The molecule has 0 rings (SSSR count). The third kappa shape index (κ3) is 27.8. The van der Waals surface area contributed by atoms with Crippen LogP contribution in [-0.2, 0) is 4.79 Å². The van der Waals surface area contributed by atoms with Gasteiger partial charge in [-0.15, -0.1) is 0 Å². The number of unbranched alkanes of at least 4 members (excludes halogenated alkanes) is 12. The van der Waals surface area contributed by atoms with E-state index in [0.717, 1.165) is 12.8 Å². The van der Waals surface area contributed by atoms with Crippen molar-refractivity contribution in [1.29, 1.82) is 0 Å². The first-order valence-electron chi connectivity index (χ1n) is 8.39. The van der Waals surface area contributed by atoms with Gasteiger partial charge in [0.1, 0.15) is 0 Å². The molecule has 0 atom stereocenters. The van der Waals surface area contributed by atoms with E-state index in [1.807, 2.05) is 0 Å². The molecule has 5 nitrogen and oxygen atoms in total. The lowest BCUT2D eigenvalue weighted by molar-refractivity contribution is -0.137. The van der Waals surface area contributed by atoms with Crippen LogP contribution >= 0.6 is 0 Å². The molecule has 0 aliphatic heterocycles. The standard InChI is InChI=1S/C16H32O2.N3/c1-2-3-4-5-6-7-8-9-10-11-12-13-14-15-16(17)18;1-3-2/h2-15H2,1H3,(H,17,18);/q;-1. The molecule has 0 radical (unpaired) electrons. The molecule has 0 saturated heterocycles. The van der Waals surface area contributed by atoms with Crippen molar-refractivity contribution in [2.24, 2.45) is 0 Å². The average Bonchev–Trinajstić information content (AvgIpc) is 2.44. The Morgan fingerprint density at radius 1 is 0.762 bits per heavy atom. The van der Waals surface area contributed by atoms with Crippen molar-refractivity contribution in [3.8, 4) is 0 Å². The zero-order valence-electron chi connectivity index (χ0n) is 13.6. The molecule has 0 aromatic heterocycles. The highest BCUT2D eigenvalue weighted by molar-refractivity contribution is 5.66. The van der Waals surface area contributed by atoms with Gasteiger partial charge in [0, 0.05) is 6.42 Å². The maximum atomic E-state index is 10.3. The molecule has 0 aromatic carbocycles. The summed E-state index contributed by atoms with van der Waals surface area (Å²) < 4.78 is 0. The van der Waals surface area contributed by atoms with E-state index >= 15 is 0 Å². The van der Waals surface area contributed by atoms with Crippen molar-refractivity contribution in [2.75, 3.05) is 0 Å². The summed E-state index contributed by atoms with van der Waals surface area (Å²) in [5.41, 5.74) is 13.5. The van der Waals surface area contributed by atoms with Crippen LogP contribution in [-0.4, -0.2) is 11.1 Å². The van der Waals surface area contributed by atoms with E-state index in [4.69, 9.17) is 16.2 Å². The van der Waals surface area contributed by atoms with E-state index in [9.17, 15) is 4.79 Å². The summed E-state index contributed by atoms with van der Waals surface area (Å²) in [6.07, 6.45) is 17.3. The van der Waals surface area contributed by atoms with E-state index in [1.54, 1.807) is 0 Å². The summed E-state index contributed by atoms with van der Waals surface area (Å²) in [7, 11) is 0. The largest absolute Gasteiger partial charge is 0.481 e. The van der Waals surface area contributed by atoms with Crippen molar-refractivity contribution < 1.29 is 9.90 Å². The molecule has 0 fully saturated rings. The summed E-state index contributed by atoms with van der Waals surface area (Å²) in [6.45, 7) is 2.26.